The minimum Gasteiger partial charge on any atom is -0.508 e. The first-order chi connectivity index (χ1) is 23.0. The van der Waals surface area contributed by atoms with Crippen LogP contribution >= 0.6 is 0 Å². The molecule has 0 saturated carbocycles. The molecule has 3 aromatic carbocycles. The van der Waals surface area contributed by atoms with E-state index in [1.54, 1.807) is 17.9 Å². The van der Waals surface area contributed by atoms with Gasteiger partial charge < -0.3 is 24.5 Å². The Morgan fingerprint density at radius 3 is 2.62 bits per heavy atom. The molecular weight excluding hydrogens is 626 g/mol. The molecule has 246 valence electrons. The summed E-state index contributed by atoms with van der Waals surface area (Å²) in [5.74, 6) is -1.12. The molecule has 0 unspecified atom stereocenters. The molecule has 2 N–H and O–H groups in total. The Labute approximate surface area is 272 Å². The van der Waals surface area contributed by atoms with Crippen LogP contribution in [0.5, 0.6) is 11.8 Å². The van der Waals surface area contributed by atoms with Crippen molar-refractivity contribution in [2.24, 2.45) is 0 Å². The monoisotopic (exact) mass is 657 g/mol. The summed E-state index contributed by atoms with van der Waals surface area (Å²) in [5.41, 5.74) is -0.731. The number of rotatable bonds is 5. The molecule has 2 bridgehead atoms. The van der Waals surface area contributed by atoms with Gasteiger partial charge in [0.15, 0.2) is 5.82 Å². The van der Waals surface area contributed by atoms with Crippen LogP contribution < -0.4 is 15.0 Å². The van der Waals surface area contributed by atoms with Gasteiger partial charge in [0.1, 0.15) is 40.9 Å². The van der Waals surface area contributed by atoms with Gasteiger partial charge in [0, 0.05) is 54.5 Å². The van der Waals surface area contributed by atoms with Crippen LogP contribution in [0, 0.1) is 30.9 Å². The number of aromatic hydroxyl groups is 1. The Morgan fingerprint density at radius 1 is 1.12 bits per heavy atom. The summed E-state index contributed by atoms with van der Waals surface area (Å²) in [5, 5.41) is 15.9. The summed E-state index contributed by atoms with van der Waals surface area (Å²) in [6.07, 6.45) is 7.98. The minimum absolute atomic E-state index is 0.0521. The van der Waals surface area contributed by atoms with E-state index in [-0.39, 0.29) is 76.6 Å². The maximum Gasteiger partial charge on any atom is 0.319 e. The minimum atomic E-state index is -2.82. The second kappa shape index (κ2) is 10.2. The summed E-state index contributed by atoms with van der Waals surface area (Å²) in [4.78, 5) is 13.3. The summed E-state index contributed by atoms with van der Waals surface area (Å²) in [6, 6.07) is 7.55. The zero-order chi connectivity index (χ0) is 33.1. The lowest BCUT2D eigenvalue weighted by Gasteiger charge is -2.46. The molecule has 0 aliphatic carbocycles. The van der Waals surface area contributed by atoms with Gasteiger partial charge in [-0.25, -0.2) is 17.6 Å². The van der Waals surface area contributed by atoms with Crippen LogP contribution in [-0.4, -0.2) is 76.3 Å². The number of terminal acetylenes is 1. The fourth-order valence-electron chi connectivity index (χ4n) is 8.47. The molecule has 4 aliphatic rings. The van der Waals surface area contributed by atoms with Crippen LogP contribution in [0.2, 0.25) is 0 Å². The molecule has 9 rings (SSSR count). The van der Waals surface area contributed by atoms with Gasteiger partial charge in [-0.1, -0.05) is 12.0 Å². The van der Waals surface area contributed by atoms with Crippen LogP contribution in [0.25, 0.3) is 43.8 Å². The average molecular weight is 658 g/mol. The van der Waals surface area contributed by atoms with E-state index in [0.29, 0.717) is 53.8 Å². The van der Waals surface area contributed by atoms with Crippen LogP contribution in [0.15, 0.2) is 34.7 Å². The first kappa shape index (κ1) is 29.5. The van der Waals surface area contributed by atoms with Gasteiger partial charge in [0.05, 0.1) is 28.6 Å². The third-order valence-corrected chi connectivity index (χ3v) is 10.6. The van der Waals surface area contributed by atoms with Gasteiger partial charge in [-0.2, -0.15) is 9.97 Å². The number of anilines is 1. The van der Waals surface area contributed by atoms with Gasteiger partial charge in [0.25, 0.3) is 5.92 Å². The Hall–Kier alpha value is -4.60. The second-order valence-electron chi connectivity index (χ2n) is 13.8. The number of nitrogens with one attached hydrogen (secondary N) is 1. The third-order valence-electron chi connectivity index (χ3n) is 10.6. The highest BCUT2D eigenvalue weighted by Crippen LogP contribution is 2.49. The Kier molecular flexibility index (Phi) is 6.28. The molecule has 6 heterocycles. The van der Waals surface area contributed by atoms with Gasteiger partial charge >= 0.3 is 6.01 Å². The number of phenols is 1. The van der Waals surface area contributed by atoms with Gasteiger partial charge in [-0.15, -0.1) is 6.42 Å². The maximum absolute atomic E-state index is 17.4. The molecule has 8 nitrogen and oxygen atoms in total. The highest BCUT2D eigenvalue weighted by molar-refractivity contribution is 6.18. The maximum atomic E-state index is 17.4. The van der Waals surface area contributed by atoms with Gasteiger partial charge in [0.2, 0.25) is 0 Å². The van der Waals surface area contributed by atoms with Crippen molar-refractivity contribution >= 4 is 38.5 Å². The lowest BCUT2D eigenvalue weighted by Crippen LogP contribution is -2.59. The fraction of sp³-hybridized carbons (Fsp3) is 0.389. The quantitative estimate of drug-likeness (QED) is 0.169. The van der Waals surface area contributed by atoms with Crippen molar-refractivity contribution in [3.63, 3.8) is 0 Å². The second-order valence-corrected chi connectivity index (χ2v) is 13.8. The third kappa shape index (κ3) is 4.37. The molecule has 48 heavy (non-hydrogen) atoms. The Balaban J connectivity index is 1.29. The van der Waals surface area contributed by atoms with E-state index in [0.717, 1.165) is 12.8 Å². The summed E-state index contributed by atoms with van der Waals surface area (Å²) >= 11 is 0. The van der Waals surface area contributed by atoms with Crippen molar-refractivity contribution in [1.82, 2.24) is 20.2 Å². The lowest BCUT2D eigenvalue weighted by molar-refractivity contribution is -0.0132. The SMILES string of the molecule is C#Cc1c(F)ccc2cc(O)cc(-c3c(F)c4nc(OC[C@@]56CCN5CC(F)(F)C6)nc(N5C[C@H]6CC[C@@H](C5)N6)c4c4cc(C)oc34)c12. The number of furan rings is 1. The Bertz CT molecular complexity index is 2220. The van der Waals surface area contributed by atoms with E-state index in [9.17, 15) is 13.9 Å². The van der Waals surface area contributed by atoms with Gasteiger partial charge in [-0.3, -0.25) is 4.90 Å². The number of aryl methyl sites for hydroxylation is 1. The summed E-state index contributed by atoms with van der Waals surface area (Å²) in [6.45, 7) is 3.15. The zero-order valence-corrected chi connectivity index (χ0v) is 26.0. The predicted octanol–water partition coefficient (Wildman–Crippen LogP) is 6.27. The van der Waals surface area contributed by atoms with Crippen molar-refractivity contribution in [3.8, 4) is 35.2 Å². The normalized spacial score (nSPS) is 24.7. The number of piperazine rings is 1. The number of benzene rings is 3. The average Bonchev–Trinajstić information content (AvgIpc) is 3.65. The van der Waals surface area contributed by atoms with Crippen molar-refractivity contribution in [1.29, 1.82) is 0 Å². The first-order valence-corrected chi connectivity index (χ1v) is 16.1. The molecule has 0 radical (unpaired) electrons. The van der Waals surface area contributed by atoms with Gasteiger partial charge in [-0.05, 0) is 55.8 Å². The number of aromatic nitrogens is 2. The van der Waals surface area contributed by atoms with Crippen LogP contribution in [0.4, 0.5) is 23.4 Å². The number of nitrogens with zero attached hydrogens (tertiary/aromatic N) is 4. The molecule has 12 heteroatoms. The molecule has 2 aromatic heterocycles. The molecule has 4 fully saturated rings. The number of hydrogen-bond donors (Lipinski definition) is 2. The molecule has 0 amide bonds. The van der Waals surface area contributed by atoms with Crippen molar-refractivity contribution < 1.29 is 31.8 Å². The predicted molar refractivity (Wildman–Crippen MR) is 173 cm³/mol. The standard InChI is InChI=1S/C36H31F4N5O3/c1-3-23-26(37)7-4-19-11-22(46)12-24(27(19)23)28-30(38)31-29(25-10-18(2)48-32(25)28)33(44-13-20-5-6-21(14-44)41-20)43-34(42-31)47-17-35-8-9-45(35)16-36(39,40)15-35/h1,4,7,10-12,20-21,41,46H,5-6,8-9,13-17H2,2H3/t20-,21+,35-/m0/s1. The van der Waals surface area contributed by atoms with E-state index >= 15 is 8.78 Å². The molecule has 3 atom stereocenters. The van der Waals surface area contributed by atoms with Crippen molar-refractivity contribution in [2.75, 3.05) is 37.7 Å². The topological polar surface area (TPSA) is 86.9 Å². The first-order valence-electron chi connectivity index (χ1n) is 16.1. The lowest BCUT2D eigenvalue weighted by atomic mass is 9.85. The highest BCUT2D eigenvalue weighted by Gasteiger charge is 2.60. The van der Waals surface area contributed by atoms with E-state index in [2.05, 4.69) is 21.1 Å². The Morgan fingerprint density at radius 2 is 1.92 bits per heavy atom. The fourth-order valence-corrected chi connectivity index (χ4v) is 8.47. The van der Waals surface area contributed by atoms with Crippen molar-refractivity contribution in [3.05, 3.63) is 53.3 Å². The van der Waals surface area contributed by atoms with Crippen LogP contribution in [0.3, 0.4) is 0 Å². The molecule has 4 aliphatic heterocycles. The largest absolute Gasteiger partial charge is 0.508 e. The number of alkyl halides is 2. The smallest absolute Gasteiger partial charge is 0.319 e. The molecule has 0 spiro atoms. The van der Waals surface area contributed by atoms with E-state index in [4.69, 9.17) is 20.6 Å². The molecule has 4 saturated heterocycles. The van der Waals surface area contributed by atoms with E-state index in [1.165, 1.54) is 24.3 Å². The molecular formula is C36H31F4N5O3. The number of phenolic OH excluding ortho intramolecular Hbond substituents is 1. The summed E-state index contributed by atoms with van der Waals surface area (Å²) < 4.78 is 73.6. The highest BCUT2D eigenvalue weighted by atomic mass is 19.3. The van der Waals surface area contributed by atoms with E-state index in [1.807, 2.05) is 0 Å². The number of halogens is 4. The van der Waals surface area contributed by atoms with Crippen molar-refractivity contribution in [2.45, 2.75) is 56.2 Å². The number of hydrogen-bond acceptors (Lipinski definition) is 8. The number of ether oxygens (including phenoxy) is 1. The number of fused-ring (bicyclic) bond motifs is 7. The van der Waals surface area contributed by atoms with Crippen LogP contribution in [-0.2, 0) is 0 Å². The molecule has 5 aromatic rings. The van der Waals surface area contributed by atoms with Crippen LogP contribution in [0.1, 0.15) is 37.0 Å². The van der Waals surface area contributed by atoms with E-state index < -0.39 is 23.1 Å². The summed E-state index contributed by atoms with van der Waals surface area (Å²) in [7, 11) is 0. The zero-order valence-electron chi connectivity index (χ0n) is 26.0.